The van der Waals surface area contributed by atoms with Crippen molar-refractivity contribution in [1.29, 1.82) is 0 Å². The lowest BCUT2D eigenvalue weighted by Gasteiger charge is -1.99. The molecule has 19 heavy (non-hydrogen) atoms. The van der Waals surface area contributed by atoms with Gasteiger partial charge in [0.05, 0.1) is 6.10 Å². The number of aliphatic carboxylic acids is 1. The summed E-state index contributed by atoms with van der Waals surface area (Å²) in [5.74, 6) is -0.790. The van der Waals surface area contributed by atoms with Crippen LogP contribution in [0.1, 0.15) is 51.9 Å². The van der Waals surface area contributed by atoms with E-state index in [4.69, 9.17) is 5.11 Å². The first-order chi connectivity index (χ1) is 9.16. The second-order valence-electron chi connectivity index (χ2n) is 4.52. The van der Waals surface area contributed by atoms with Gasteiger partial charge in [-0.2, -0.15) is 0 Å². The van der Waals surface area contributed by atoms with Crippen LogP contribution in [-0.2, 0) is 4.79 Å². The molecular formula is C16H26O3. The van der Waals surface area contributed by atoms with Gasteiger partial charge in [-0.25, -0.2) is 0 Å². The number of unbranched alkanes of at least 4 members (excludes halogenated alkanes) is 3. The zero-order chi connectivity index (χ0) is 14.3. The number of carboxylic acids is 1. The van der Waals surface area contributed by atoms with Crippen LogP contribution in [0, 0.1) is 0 Å². The van der Waals surface area contributed by atoms with Crippen molar-refractivity contribution >= 4 is 5.97 Å². The highest BCUT2D eigenvalue weighted by atomic mass is 16.4. The normalized spacial score (nSPS) is 13.8. The zero-order valence-electron chi connectivity index (χ0n) is 11.8. The van der Waals surface area contributed by atoms with E-state index in [9.17, 15) is 9.90 Å². The Balaban J connectivity index is 3.61. The Morgan fingerprint density at radius 1 is 1.11 bits per heavy atom. The monoisotopic (exact) mass is 266 g/mol. The van der Waals surface area contributed by atoms with Gasteiger partial charge in [-0.05, 0) is 25.7 Å². The molecule has 0 bridgehead atoms. The molecule has 0 fully saturated rings. The Labute approximate surface area is 116 Å². The van der Waals surface area contributed by atoms with Crippen molar-refractivity contribution in [3.63, 3.8) is 0 Å². The summed E-state index contributed by atoms with van der Waals surface area (Å²) < 4.78 is 0. The van der Waals surface area contributed by atoms with Gasteiger partial charge in [0.1, 0.15) is 0 Å². The molecule has 0 spiro atoms. The number of carboxylic acid groups (broad SMARTS) is 1. The standard InChI is InChI=1S/C16H26O3/c1-2-3-4-5-6-9-12-15(17)13-10-7-8-11-14-16(18)19/h6-10,13,15,17H,2-5,11-12,14H2,1H3,(H,18,19)/t15-/m0/s1. The van der Waals surface area contributed by atoms with Crippen molar-refractivity contribution < 1.29 is 15.0 Å². The van der Waals surface area contributed by atoms with E-state index in [2.05, 4.69) is 13.0 Å². The molecule has 0 aliphatic heterocycles. The first kappa shape index (κ1) is 17.6. The average molecular weight is 266 g/mol. The van der Waals surface area contributed by atoms with Gasteiger partial charge in [0.15, 0.2) is 0 Å². The number of aliphatic hydroxyl groups is 1. The third kappa shape index (κ3) is 14.6. The van der Waals surface area contributed by atoms with E-state index in [1.54, 1.807) is 24.3 Å². The number of hydrogen-bond acceptors (Lipinski definition) is 2. The van der Waals surface area contributed by atoms with E-state index in [-0.39, 0.29) is 6.42 Å². The molecular weight excluding hydrogens is 240 g/mol. The predicted molar refractivity (Wildman–Crippen MR) is 79.1 cm³/mol. The molecule has 0 saturated carbocycles. The van der Waals surface area contributed by atoms with Gasteiger partial charge in [-0.1, -0.05) is 56.2 Å². The van der Waals surface area contributed by atoms with Gasteiger partial charge in [0, 0.05) is 6.42 Å². The highest BCUT2D eigenvalue weighted by Gasteiger charge is 1.93. The quantitative estimate of drug-likeness (QED) is 0.339. The minimum atomic E-state index is -0.790. The smallest absolute Gasteiger partial charge is 0.303 e. The number of allylic oxidation sites excluding steroid dienone is 4. The van der Waals surface area contributed by atoms with E-state index in [0.717, 1.165) is 6.42 Å². The van der Waals surface area contributed by atoms with Crippen LogP contribution in [-0.4, -0.2) is 22.3 Å². The zero-order valence-corrected chi connectivity index (χ0v) is 11.8. The van der Waals surface area contributed by atoms with Gasteiger partial charge in [0.2, 0.25) is 0 Å². The highest BCUT2D eigenvalue weighted by molar-refractivity contribution is 5.66. The third-order valence-electron chi connectivity index (χ3n) is 2.62. The summed E-state index contributed by atoms with van der Waals surface area (Å²) in [5, 5.41) is 18.1. The Kier molecular flexibility index (Phi) is 12.2. The van der Waals surface area contributed by atoms with Gasteiger partial charge in [-0.15, -0.1) is 0 Å². The van der Waals surface area contributed by atoms with Crippen LogP contribution in [0.2, 0.25) is 0 Å². The third-order valence-corrected chi connectivity index (χ3v) is 2.62. The summed E-state index contributed by atoms with van der Waals surface area (Å²) in [6, 6.07) is 0. The van der Waals surface area contributed by atoms with Crippen LogP contribution in [0.3, 0.4) is 0 Å². The molecule has 0 aliphatic carbocycles. The molecule has 0 heterocycles. The fraction of sp³-hybridized carbons (Fsp3) is 0.562. The summed E-state index contributed by atoms with van der Waals surface area (Å²) in [5.41, 5.74) is 0. The first-order valence-corrected chi connectivity index (χ1v) is 7.05. The van der Waals surface area contributed by atoms with Crippen molar-refractivity contribution in [2.75, 3.05) is 0 Å². The minimum Gasteiger partial charge on any atom is -0.481 e. The van der Waals surface area contributed by atoms with E-state index in [1.165, 1.54) is 19.3 Å². The molecule has 108 valence electrons. The van der Waals surface area contributed by atoms with E-state index >= 15 is 0 Å². The van der Waals surface area contributed by atoms with E-state index < -0.39 is 12.1 Å². The molecule has 0 aliphatic rings. The van der Waals surface area contributed by atoms with Crippen molar-refractivity contribution in [1.82, 2.24) is 0 Å². The van der Waals surface area contributed by atoms with Crippen LogP contribution in [0.4, 0.5) is 0 Å². The molecule has 0 aromatic rings. The van der Waals surface area contributed by atoms with Crippen LogP contribution in [0.25, 0.3) is 0 Å². The van der Waals surface area contributed by atoms with Crippen molar-refractivity contribution in [2.45, 2.75) is 58.0 Å². The molecule has 0 amide bonds. The minimum absolute atomic E-state index is 0.146. The maximum Gasteiger partial charge on any atom is 0.303 e. The lowest BCUT2D eigenvalue weighted by molar-refractivity contribution is -0.136. The lowest BCUT2D eigenvalue weighted by Crippen LogP contribution is -1.98. The summed E-state index contributed by atoms with van der Waals surface area (Å²) in [6.07, 6.45) is 16.8. The molecule has 0 radical (unpaired) electrons. The molecule has 0 aromatic heterocycles. The highest BCUT2D eigenvalue weighted by Crippen LogP contribution is 2.02. The summed E-state index contributed by atoms with van der Waals surface area (Å²) in [6.45, 7) is 2.18. The Hall–Kier alpha value is -1.35. The van der Waals surface area contributed by atoms with Crippen molar-refractivity contribution in [3.05, 3.63) is 36.5 Å². The second kappa shape index (κ2) is 13.1. The predicted octanol–water partition coefficient (Wildman–Crippen LogP) is 3.85. The van der Waals surface area contributed by atoms with Gasteiger partial charge >= 0.3 is 5.97 Å². The Morgan fingerprint density at radius 3 is 2.58 bits per heavy atom. The lowest BCUT2D eigenvalue weighted by atomic mass is 10.1. The second-order valence-corrected chi connectivity index (χ2v) is 4.52. The van der Waals surface area contributed by atoms with E-state index in [1.807, 2.05) is 6.08 Å². The molecule has 0 unspecified atom stereocenters. The van der Waals surface area contributed by atoms with E-state index in [0.29, 0.717) is 12.8 Å². The van der Waals surface area contributed by atoms with Gasteiger partial charge < -0.3 is 10.2 Å². The fourth-order valence-corrected chi connectivity index (χ4v) is 1.52. The number of aliphatic hydroxyl groups excluding tert-OH is 1. The molecule has 0 saturated heterocycles. The molecule has 3 heteroatoms. The van der Waals surface area contributed by atoms with Crippen molar-refractivity contribution in [2.24, 2.45) is 0 Å². The number of carbonyl (C=O) groups is 1. The van der Waals surface area contributed by atoms with Crippen LogP contribution < -0.4 is 0 Å². The summed E-state index contributed by atoms with van der Waals surface area (Å²) in [4.78, 5) is 10.3. The fourth-order valence-electron chi connectivity index (χ4n) is 1.52. The first-order valence-electron chi connectivity index (χ1n) is 7.05. The van der Waals surface area contributed by atoms with Gasteiger partial charge in [-0.3, -0.25) is 4.79 Å². The molecule has 0 rings (SSSR count). The van der Waals surface area contributed by atoms with Gasteiger partial charge in [0.25, 0.3) is 0 Å². The van der Waals surface area contributed by atoms with Crippen LogP contribution >= 0.6 is 0 Å². The Morgan fingerprint density at radius 2 is 1.89 bits per heavy atom. The summed E-state index contributed by atoms with van der Waals surface area (Å²) in [7, 11) is 0. The average Bonchev–Trinajstić information content (AvgIpc) is 2.37. The Bertz CT molecular complexity index is 303. The SMILES string of the molecule is CCCCCC=CC[C@H](O)C=CC=CCCC(=O)O. The van der Waals surface area contributed by atoms with Crippen LogP contribution in [0.5, 0.6) is 0 Å². The largest absolute Gasteiger partial charge is 0.481 e. The summed E-state index contributed by atoms with van der Waals surface area (Å²) >= 11 is 0. The molecule has 1 atom stereocenters. The van der Waals surface area contributed by atoms with Crippen LogP contribution in [0.15, 0.2) is 36.5 Å². The van der Waals surface area contributed by atoms with Crippen molar-refractivity contribution in [3.8, 4) is 0 Å². The molecule has 3 nitrogen and oxygen atoms in total. The maximum atomic E-state index is 10.3. The number of hydrogen-bond donors (Lipinski definition) is 2. The number of rotatable bonds is 11. The maximum absolute atomic E-state index is 10.3. The molecule has 2 N–H and O–H groups in total. The molecule has 0 aromatic carbocycles. The topological polar surface area (TPSA) is 57.5 Å².